The molecule has 2 aromatic carbocycles. The van der Waals surface area contributed by atoms with Crippen LogP contribution < -0.4 is 5.32 Å². The van der Waals surface area contributed by atoms with Crippen molar-refractivity contribution in [2.24, 2.45) is 0 Å². The molecule has 0 heterocycles. The summed E-state index contributed by atoms with van der Waals surface area (Å²) in [4.78, 5) is 0. The van der Waals surface area contributed by atoms with Crippen LogP contribution in [-0.4, -0.2) is 7.05 Å². The van der Waals surface area contributed by atoms with E-state index in [9.17, 15) is 8.78 Å². The van der Waals surface area contributed by atoms with Crippen LogP contribution in [-0.2, 0) is 6.42 Å². The second-order valence-electron chi connectivity index (χ2n) is 5.16. The van der Waals surface area contributed by atoms with Crippen molar-refractivity contribution in [3.63, 3.8) is 0 Å². The lowest BCUT2D eigenvalue weighted by Gasteiger charge is -2.21. The number of benzene rings is 2. The summed E-state index contributed by atoms with van der Waals surface area (Å²) in [6.07, 6.45) is 0.262. The molecule has 2 rings (SSSR count). The van der Waals surface area contributed by atoms with Crippen LogP contribution in [0.5, 0.6) is 0 Å². The van der Waals surface area contributed by atoms with Gasteiger partial charge in [-0.25, -0.2) is 8.78 Å². The number of halogens is 3. The summed E-state index contributed by atoms with van der Waals surface area (Å²) in [6.45, 7) is 4.06. The van der Waals surface area contributed by atoms with Gasteiger partial charge in [0.25, 0.3) is 0 Å². The van der Waals surface area contributed by atoms with Crippen molar-refractivity contribution in [2.45, 2.75) is 26.3 Å². The molecule has 1 N–H and O–H groups in total. The van der Waals surface area contributed by atoms with Gasteiger partial charge in [0.05, 0.1) is 4.47 Å². The molecule has 21 heavy (non-hydrogen) atoms. The fourth-order valence-corrected chi connectivity index (χ4v) is 2.85. The first-order valence-corrected chi connectivity index (χ1v) is 7.60. The van der Waals surface area contributed by atoms with Crippen molar-refractivity contribution < 1.29 is 8.78 Å². The Hall–Kier alpha value is -1.26. The topological polar surface area (TPSA) is 12.0 Å². The van der Waals surface area contributed by atoms with Gasteiger partial charge in [0.2, 0.25) is 0 Å². The molecule has 0 amide bonds. The van der Waals surface area contributed by atoms with Gasteiger partial charge in [-0.15, -0.1) is 0 Å². The van der Waals surface area contributed by atoms with Crippen LogP contribution >= 0.6 is 15.9 Å². The van der Waals surface area contributed by atoms with Crippen LogP contribution in [0.25, 0.3) is 0 Å². The first kappa shape index (κ1) is 16.1. The fraction of sp³-hybridized carbons (Fsp3) is 0.294. The smallest absolute Gasteiger partial charge is 0.143 e. The zero-order valence-corrected chi connectivity index (χ0v) is 13.9. The van der Waals surface area contributed by atoms with Crippen LogP contribution in [0.4, 0.5) is 8.78 Å². The summed E-state index contributed by atoms with van der Waals surface area (Å²) in [5, 5.41) is 3.16. The van der Waals surface area contributed by atoms with Gasteiger partial charge in [-0.1, -0.05) is 18.2 Å². The maximum atomic E-state index is 14.1. The van der Waals surface area contributed by atoms with Crippen molar-refractivity contribution in [1.29, 1.82) is 0 Å². The molecule has 0 aliphatic carbocycles. The van der Waals surface area contributed by atoms with E-state index in [-0.39, 0.29) is 22.5 Å². The Labute approximate surface area is 132 Å². The van der Waals surface area contributed by atoms with E-state index in [1.807, 2.05) is 32.0 Å². The summed E-state index contributed by atoms with van der Waals surface area (Å²) < 4.78 is 28.4. The average molecular weight is 354 g/mol. The Bertz CT molecular complexity index is 655. The highest BCUT2D eigenvalue weighted by molar-refractivity contribution is 9.10. The van der Waals surface area contributed by atoms with Crippen LogP contribution in [0.2, 0.25) is 0 Å². The summed E-state index contributed by atoms with van der Waals surface area (Å²) >= 11 is 3.11. The zero-order valence-electron chi connectivity index (χ0n) is 12.3. The van der Waals surface area contributed by atoms with E-state index in [1.165, 1.54) is 17.7 Å². The normalized spacial score (nSPS) is 12.5. The lowest BCUT2D eigenvalue weighted by Crippen LogP contribution is -2.21. The minimum Gasteiger partial charge on any atom is -0.313 e. The molecule has 4 heteroatoms. The zero-order chi connectivity index (χ0) is 15.6. The third kappa shape index (κ3) is 3.33. The quantitative estimate of drug-likeness (QED) is 0.775. The summed E-state index contributed by atoms with van der Waals surface area (Å²) in [5.41, 5.74) is 3.48. The van der Waals surface area contributed by atoms with Gasteiger partial charge in [0.15, 0.2) is 0 Å². The Morgan fingerprint density at radius 3 is 2.52 bits per heavy atom. The molecule has 0 radical (unpaired) electrons. The molecule has 1 unspecified atom stereocenters. The Morgan fingerprint density at radius 2 is 1.86 bits per heavy atom. The number of nitrogens with one attached hydrogen (secondary N) is 1. The van der Waals surface area contributed by atoms with E-state index in [0.29, 0.717) is 0 Å². The molecule has 0 aliphatic rings. The van der Waals surface area contributed by atoms with Crippen molar-refractivity contribution >= 4 is 15.9 Å². The molecule has 0 saturated heterocycles. The second kappa shape index (κ2) is 6.67. The Balaban J connectivity index is 2.41. The van der Waals surface area contributed by atoms with Crippen LogP contribution in [0.1, 0.15) is 28.3 Å². The van der Waals surface area contributed by atoms with Crippen molar-refractivity contribution in [3.8, 4) is 0 Å². The van der Waals surface area contributed by atoms with E-state index in [1.54, 1.807) is 7.05 Å². The van der Waals surface area contributed by atoms with Crippen molar-refractivity contribution in [3.05, 3.63) is 68.7 Å². The third-order valence-electron chi connectivity index (χ3n) is 3.92. The SMILES string of the molecule is CNC(Cc1c(F)ccc(Br)c1F)c1cccc(C)c1C. The van der Waals surface area contributed by atoms with Gasteiger partial charge in [-0.3, -0.25) is 0 Å². The number of rotatable bonds is 4. The third-order valence-corrected chi connectivity index (χ3v) is 4.53. The van der Waals surface area contributed by atoms with E-state index in [0.717, 1.165) is 11.1 Å². The molecule has 1 atom stereocenters. The average Bonchev–Trinajstić information content (AvgIpc) is 2.47. The molecule has 0 fully saturated rings. The van der Waals surface area contributed by atoms with Gasteiger partial charge < -0.3 is 5.32 Å². The van der Waals surface area contributed by atoms with E-state index >= 15 is 0 Å². The molecule has 0 saturated carbocycles. The summed E-state index contributed by atoms with van der Waals surface area (Å²) in [5.74, 6) is -1.04. The monoisotopic (exact) mass is 353 g/mol. The van der Waals surface area contributed by atoms with Crippen LogP contribution in [0.3, 0.4) is 0 Å². The fourth-order valence-electron chi connectivity index (χ4n) is 2.48. The maximum Gasteiger partial charge on any atom is 0.143 e. The highest BCUT2D eigenvalue weighted by atomic mass is 79.9. The molecule has 0 bridgehead atoms. The Kier molecular flexibility index (Phi) is 5.12. The highest BCUT2D eigenvalue weighted by Crippen LogP contribution is 2.28. The molecule has 0 aliphatic heterocycles. The van der Waals surface area contributed by atoms with E-state index in [4.69, 9.17) is 0 Å². The summed E-state index contributed by atoms with van der Waals surface area (Å²) in [7, 11) is 1.81. The maximum absolute atomic E-state index is 14.1. The predicted octanol–water partition coefficient (Wildman–Crippen LogP) is 4.85. The van der Waals surface area contributed by atoms with Crippen molar-refractivity contribution in [1.82, 2.24) is 5.32 Å². The predicted molar refractivity (Wildman–Crippen MR) is 85.5 cm³/mol. The van der Waals surface area contributed by atoms with Gasteiger partial charge in [-0.05, 0) is 72.1 Å². The number of aryl methyl sites for hydroxylation is 1. The highest BCUT2D eigenvalue weighted by Gasteiger charge is 2.19. The largest absolute Gasteiger partial charge is 0.313 e. The Morgan fingerprint density at radius 1 is 1.14 bits per heavy atom. The molecular formula is C17H18BrF2N. The van der Waals surface area contributed by atoms with Gasteiger partial charge in [0.1, 0.15) is 11.6 Å². The van der Waals surface area contributed by atoms with Crippen LogP contribution in [0, 0.1) is 25.5 Å². The summed E-state index contributed by atoms with van der Waals surface area (Å²) in [6, 6.07) is 8.54. The lowest BCUT2D eigenvalue weighted by atomic mass is 9.93. The molecule has 0 spiro atoms. The lowest BCUT2D eigenvalue weighted by molar-refractivity contribution is 0.511. The molecular weight excluding hydrogens is 336 g/mol. The van der Waals surface area contributed by atoms with E-state index < -0.39 is 11.6 Å². The molecule has 2 aromatic rings. The molecule has 1 nitrogen and oxygen atoms in total. The van der Waals surface area contributed by atoms with Gasteiger partial charge >= 0.3 is 0 Å². The minimum atomic E-state index is -0.527. The minimum absolute atomic E-state index is 0.102. The standard InChI is InChI=1S/C17H18BrF2N/c1-10-5-4-6-12(11(10)2)16(21-3)9-13-15(19)8-7-14(18)17(13)20/h4-8,16,21H,9H2,1-3H3. The van der Waals surface area contributed by atoms with Gasteiger partial charge in [-0.2, -0.15) is 0 Å². The van der Waals surface area contributed by atoms with Crippen LogP contribution in [0.15, 0.2) is 34.8 Å². The first-order chi connectivity index (χ1) is 9.95. The van der Waals surface area contributed by atoms with E-state index in [2.05, 4.69) is 21.2 Å². The van der Waals surface area contributed by atoms with Gasteiger partial charge in [0, 0.05) is 11.6 Å². The van der Waals surface area contributed by atoms with Crippen molar-refractivity contribution in [2.75, 3.05) is 7.05 Å². The molecule has 0 aromatic heterocycles. The number of hydrogen-bond acceptors (Lipinski definition) is 1. The number of likely N-dealkylation sites (N-methyl/N-ethyl adjacent to an activating group) is 1. The second-order valence-corrected chi connectivity index (χ2v) is 6.01. The molecule has 112 valence electrons. The first-order valence-electron chi connectivity index (χ1n) is 6.81. The number of hydrogen-bond donors (Lipinski definition) is 1.